The Kier molecular flexibility index (Phi) is 5.72. The van der Waals surface area contributed by atoms with Crippen LogP contribution in [0.2, 0.25) is 0 Å². The summed E-state index contributed by atoms with van der Waals surface area (Å²) in [6.07, 6.45) is 4.83. The van der Waals surface area contributed by atoms with E-state index in [0.717, 1.165) is 55.5 Å². The molecule has 0 N–H and O–H groups in total. The van der Waals surface area contributed by atoms with Crippen molar-refractivity contribution < 1.29 is 13.2 Å². The molecule has 0 aliphatic carbocycles. The van der Waals surface area contributed by atoms with Crippen molar-refractivity contribution in [1.29, 1.82) is 0 Å². The molecule has 144 valence electrons. The maximum Gasteiger partial charge on any atom is 0.243 e. The second kappa shape index (κ2) is 7.69. The normalized spacial score (nSPS) is 22.4. The summed E-state index contributed by atoms with van der Waals surface area (Å²) < 4.78 is 28.1. The van der Waals surface area contributed by atoms with Crippen LogP contribution in [-0.2, 0) is 14.8 Å². The quantitative estimate of drug-likeness (QED) is 0.812. The van der Waals surface area contributed by atoms with E-state index in [-0.39, 0.29) is 11.8 Å². The number of benzene rings is 1. The molecule has 0 radical (unpaired) electrons. The van der Waals surface area contributed by atoms with Crippen LogP contribution in [0, 0.1) is 26.7 Å². The Labute approximate surface area is 157 Å². The van der Waals surface area contributed by atoms with Crippen molar-refractivity contribution in [2.45, 2.75) is 57.8 Å². The number of piperidine rings is 2. The fourth-order valence-corrected chi connectivity index (χ4v) is 6.37. The third-order valence-corrected chi connectivity index (χ3v) is 7.77. The molecule has 1 atom stereocenters. The number of hydrogen-bond donors (Lipinski definition) is 0. The van der Waals surface area contributed by atoms with Crippen molar-refractivity contribution in [3.8, 4) is 0 Å². The third-order valence-electron chi connectivity index (χ3n) is 5.60. The van der Waals surface area contributed by atoms with Gasteiger partial charge in [0.15, 0.2) is 0 Å². The van der Waals surface area contributed by atoms with Crippen LogP contribution in [0.5, 0.6) is 0 Å². The van der Waals surface area contributed by atoms with E-state index < -0.39 is 10.0 Å². The number of aryl methyl sites for hydroxylation is 3. The van der Waals surface area contributed by atoms with Crippen LogP contribution in [0.1, 0.15) is 48.8 Å². The van der Waals surface area contributed by atoms with Crippen LogP contribution in [0.15, 0.2) is 17.0 Å². The summed E-state index contributed by atoms with van der Waals surface area (Å²) in [6, 6.07) is 3.83. The zero-order valence-electron chi connectivity index (χ0n) is 16.1. The molecule has 2 saturated heterocycles. The van der Waals surface area contributed by atoms with Gasteiger partial charge < -0.3 is 4.90 Å². The maximum atomic E-state index is 13.3. The molecule has 2 aliphatic rings. The first-order chi connectivity index (χ1) is 12.3. The molecule has 6 heteroatoms. The molecule has 0 bridgehead atoms. The van der Waals surface area contributed by atoms with Crippen LogP contribution in [-0.4, -0.2) is 49.7 Å². The molecule has 0 unspecified atom stereocenters. The molecule has 26 heavy (non-hydrogen) atoms. The van der Waals surface area contributed by atoms with Gasteiger partial charge in [-0.05, 0) is 64.0 Å². The van der Waals surface area contributed by atoms with Crippen molar-refractivity contribution in [2.24, 2.45) is 5.92 Å². The van der Waals surface area contributed by atoms with Gasteiger partial charge in [0, 0.05) is 26.2 Å². The third kappa shape index (κ3) is 3.81. The van der Waals surface area contributed by atoms with E-state index in [4.69, 9.17) is 0 Å². The van der Waals surface area contributed by atoms with E-state index >= 15 is 0 Å². The largest absolute Gasteiger partial charge is 0.342 e. The highest BCUT2D eigenvalue weighted by Gasteiger charge is 2.36. The lowest BCUT2D eigenvalue weighted by Crippen LogP contribution is -2.48. The number of sulfonamides is 1. The van der Waals surface area contributed by atoms with Crippen molar-refractivity contribution in [1.82, 2.24) is 9.21 Å². The number of hydrogen-bond acceptors (Lipinski definition) is 3. The topological polar surface area (TPSA) is 57.7 Å². The summed E-state index contributed by atoms with van der Waals surface area (Å²) in [5.74, 6) is -0.0652. The van der Waals surface area contributed by atoms with Gasteiger partial charge in [0.2, 0.25) is 15.9 Å². The van der Waals surface area contributed by atoms with Gasteiger partial charge in [0.05, 0.1) is 10.8 Å². The minimum absolute atomic E-state index is 0.141. The highest BCUT2D eigenvalue weighted by molar-refractivity contribution is 7.89. The molecule has 0 spiro atoms. The Morgan fingerprint density at radius 2 is 1.58 bits per heavy atom. The average Bonchev–Trinajstić information content (AvgIpc) is 2.61. The predicted octanol–water partition coefficient (Wildman–Crippen LogP) is 3.03. The van der Waals surface area contributed by atoms with Gasteiger partial charge in [-0.25, -0.2) is 8.42 Å². The number of nitrogens with zero attached hydrogens (tertiary/aromatic N) is 2. The van der Waals surface area contributed by atoms with Gasteiger partial charge in [-0.2, -0.15) is 4.31 Å². The fourth-order valence-electron chi connectivity index (χ4n) is 4.44. The molecule has 5 nitrogen and oxygen atoms in total. The van der Waals surface area contributed by atoms with Gasteiger partial charge in [-0.1, -0.05) is 17.7 Å². The van der Waals surface area contributed by atoms with Crippen molar-refractivity contribution in [3.05, 3.63) is 28.8 Å². The Morgan fingerprint density at radius 1 is 0.962 bits per heavy atom. The second-order valence-corrected chi connectivity index (χ2v) is 9.69. The van der Waals surface area contributed by atoms with Gasteiger partial charge in [0.25, 0.3) is 0 Å². The molecule has 1 amide bonds. The van der Waals surface area contributed by atoms with E-state index in [1.54, 1.807) is 0 Å². The van der Waals surface area contributed by atoms with Crippen molar-refractivity contribution >= 4 is 15.9 Å². The Balaban J connectivity index is 1.81. The summed E-state index contributed by atoms with van der Waals surface area (Å²) in [4.78, 5) is 15.2. The molecule has 2 fully saturated rings. The SMILES string of the molecule is Cc1cc(C)c(S(=O)(=O)N2CCC[C@@H](C(=O)N3CCCCC3)C2)c(C)c1. The predicted molar refractivity (Wildman–Crippen MR) is 103 cm³/mol. The molecule has 0 saturated carbocycles. The Morgan fingerprint density at radius 3 is 2.19 bits per heavy atom. The second-order valence-electron chi connectivity index (χ2n) is 7.82. The molecule has 1 aromatic rings. The average molecular weight is 379 g/mol. The monoisotopic (exact) mass is 378 g/mol. The first-order valence-electron chi connectivity index (χ1n) is 9.67. The van der Waals surface area contributed by atoms with Crippen LogP contribution < -0.4 is 0 Å². The molecule has 2 aliphatic heterocycles. The number of amides is 1. The summed E-state index contributed by atoms with van der Waals surface area (Å²) in [5.41, 5.74) is 2.63. The number of carbonyl (C=O) groups excluding carboxylic acids is 1. The first-order valence-corrected chi connectivity index (χ1v) is 11.1. The van der Waals surface area contributed by atoms with Crippen molar-refractivity contribution in [3.63, 3.8) is 0 Å². The van der Waals surface area contributed by atoms with Gasteiger partial charge in [-0.3, -0.25) is 4.79 Å². The molecule has 3 rings (SSSR count). The number of likely N-dealkylation sites (tertiary alicyclic amines) is 1. The molecule has 2 heterocycles. The lowest BCUT2D eigenvalue weighted by atomic mass is 9.97. The fraction of sp³-hybridized carbons (Fsp3) is 0.650. The zero-order valence-corrected chi connectivity index (χ0v) is 16.9. The standard InChI is InChI=1S/C20H30N2O3S/c1-15-12-16(2)19(17(3)13-15)26(24,25)22-11-7-8-18(14-22)20(23)21-9-5-4-6-10-21/h12-13,18H,4-11,14H2,1-3H3/t18-/m1/s1. The minimum atomic E-state index is -3.57. The highest BCUT2D eigenvalue weighted by Crippen LogP contribution is 2.29. The summed E-state index contributed by atoms with van der Waals surface area (Å²) in [6.45, 7) is 8.13. The molecule has 0 aromatic heterocycles. The van der Waals surface area contributed by atoms with Gasteiger partial charge in [0.1, 0.15) is 0 Å². The van der Waals surface area contributed by atoms with Crippen LogP contribution in [0.3, 0.4) is 0 Å². The lowest BCUT2D eigenvalue weighted by molar-refractivity contribution is -0.137. The number of rotatable bonds is 3. The maximum absolute atomic E-state index is 13.3. The van der Waals surface area contributed by atoms with Crippen LogP contribution in [0.25, 0.3) is 0 Å². The first kappa shape index (κ1) is 19.4. The van der Waals surface area contributed by atoms with E-state index in [2.05, 4.69) is 0 Å². The van der Waals surface area contributed by atoms with Gasteiger partial charge in [-0.15, -0.1) is 0 Å². The van der Waals surface area contributed by atoms with Crippen molar-refractivity contribution in [2.75, 3.05) is 26.2 Å². The summed E-state index contributed by atoms with van der Waals surface area (Å²) >= 11 is 0. The minimum Gasteiger partial charge on any atom is -0.342 e. The molecule has 1 aromatic carbocycles. The Hall–Kier alpha value is -1.40. The lowest BCUT2D eigenvalue weighted by Gasteiger charge is -2.36. The van der Waals surface area contributed by atoms with Gasteiger partial charge >= 0.3 is 0 Å². The van der Waals surface area contributed by atoms with E-state index in [1.807, 2.05) is 37.8 Å². The van der Waals surface area contributed by atoms with E-state index in [9.17, 15) is 13.2 Å². The van der Waals surface area contributed by atoms with Crippen LogP contribution >= 0.6 is 0 Å². The molecular formula is C20H30N2O3S. The summed E-state index contributed by atoms with van der Waals surface area (Å²) in [7, 11) is -3.57. The molecular weight excluding hydrogens is 348 g/mol. The Bertz CT molecular complexity index is 759. The smallest absolute Gasteiger partial charge is 0.243 e. The van der Waals surface area contributed by atoms with E-state index in [0.29, 0.717) is 18.0 Å². The number of carbonyl (C=O) groups is 1. The van der Waals surface area contributed by atoms with E-state index in [1.165, 1.54) is 10.7 Å². The zero-order chi connectivity index (χ0) is 18.9. The van der Waals surface area contributed by atoms with Crippen LogP contribution in [0.4, 0.5) is 0 Å². The summed E-state index contributed by atoms with van der Waals surface area (Å²) in [5, 5.41) is 0. The highest BCUT2D eigenvalue weighted by atomic mass is 32.2.